The molecule has 168 valence electrons. The average molecular weight is 452 g/mol. The van der Waals surface area contributed by atoms with Gasteiger partial charge in [0.15, 0.2) is 0 Å². The number of alkyl halides is 3. The van der Waals surface area contributed by atoms with E-state index >= 15 is 0 Å². The van der Waals surface area contributed by atoms with Crippen molar-refractivity contribution in [3.05, 3.63) is 93.9 Å². The molecule has 0 radical (unpaired) electrons. The minimum absolute atomic E-state index is 0.180. The van der Waals surface area contributed by atoms with Crippen molar-refractivity contribution in [2.75, 3.05) is 6.54 Å². The van der Waals surface area contributed by atoms with Crippen molar-refractivity contribution in [2.24, 2.45) is 0 Å². The van der Waals surface area contributed by atoms with Crippen molar-refractivity contribution in [2.45, 2.75) is 25.7 Å². The summed E-state index contributed by atoms with van der Waals surface area (Å²) in [6.45, 7) is 1.52. The Morgan fingerprint density at radius 1 is 1.06 bits per heavy atom. The quantitative estimate of drug-likeness (QED) is 0.487. The van der Waals surface area contributed by atoms with Crippen LogP contribution in [0.5, 0.6) is 0 Å². The lowest BCUT2D eigenvalue weighted by Crippen LogP contribution is -2.35. The SMILES string of the molecule is O=c1[nH]c(-c2ccncc2)nc2c1CN(Cc1ccc(-c3cccc(C(F)(F)F)c3)o1)CC2. The fraction of sp³-hybridized carbons (Fsp3) is 0.208. The topological polar surface area (TPSA) is 75.0 Å². The molecule has 1 aliphatic heterocycles. The van der Waals surface area contributed by atoms with Gasteiger partial charge in [-0.25, -0.2) is 4.98 Å². The van der Waals surface area contributed by atoms with Crippen molar-refractivity contribution in [3.63, 3.8) is 0 Å². The Hall–Kier alpha value is -3.72. The zero-order chi connectivity index (χ0) is 23.0. The Labute approximate surface area is 186 Å². The molecule has 0 saturated heterocycles. The van der Waals surface area contributed by atoms with Crippen molar-refractivity contribution in [1.82, 2.24) is 19.9 Å². The van der Waals surface area contributed by atoms with Gasteiger partial charge in [0.2, 0.25) is 0 Å². The molecule has 0 bridgehead atoms. The van der Waals surface area contributed by atoms with Crippen LogP contribution in [-0.4, -0.2) is 26.4 Å². The maximum absolute atomic E-state index is 13.0. The van der Waals surface area contributed by atoms with Crippen LogP contribution in [0.2, 0.25) is 0 Å². The van der Waals surface area contributed by atoms with Crippen LogP contribution < -0.4 is 5.56 Å². The zero-order valence-electron chi connectivity index (χ0n) is 17.4. The summed E-state index contributed by atoms with van der Waals surface area (Å²) in [6.07, 6.45) is -0.509. The van der Waals surface area contributed by atoms with Gasteiger partial charge in [0.05, 0.1) is 23.4 Å². The average Bonchev–Trinajstić information content (AvgIpc) is 3.28. The third-order valence-corrected chi connectivity index (χ3v) is 5.62. The predicted octanol–water partition coefficient (Wildman–Crippen LogP) is 4.67. The van der Waals surface area contributed by atoms with Crippen molar-refractivity contribution in [3.8, 4) is 22.7 Å². The van der Waals surface area contributed by atoms with E-state index in [4.69, 9.17) is 4.42 Å². The number of pyridine rings is 1. The van der Waals surface area contributed by atoms with Crippen LogP contribution in [-0.2, 0) is 25.7 Å². The van der Waals surface area contributed by atoms with Crippen molar-refractivity contribution < 1.29 is 17.6 Å². The highest BCUT2D eigenvalue weighted by atomic mass is 19.4. The maximum atomic E-state index is 13.0. The summed E-state index contributed by atoms with van der Waals surface area (Å²) in [7, 11) is 0. The minimum atomic E-state index is -4.41. The first kappa shape index (κ1) is 21.1. The van der Waals surface area contributed by atoms with Crippen LogP contribution in [0.4, 0.5) is 13.2 Å². The number of furan rings is 1. The minimum Gasteiger partial charge on any atom is -0.460 e. The van der Waals surface area contributed by atoms with Crippen molar-refractivity contribution >= 4 is 0 Å². The van der Waals surface area contributed by atoms with Crippen LogP contribution in [0.15, 0.2) is 70.1 Å². The van der Waals surface area contributed by atoms with Crippen LogP contribution in [0.1, 0.15) is 22.6 Å². The first-order valence-corrected chi connectivity index (χ1v) is 10.4. The Morgan fingerprint density at radius 3 is 2.67 bits per heavy atom. The fourth-order valence-corrected chi connectivity index (χ4v) is 3.95. The molecular weight excluding hydrogens is 433 g/mol. The van der Waals surface area contributed by atoms with E-state index in [-0.39, 0.29) is 5.56 Å². The molecule has 0 saturated carbocycles. The molecule has 0 aliphatic carbocycles. The number of fused-ring (bicyclic) bond motifs is 1. The Kier molecular flexibility index (Phi) is 5.33. The monoisotopic (exact) mass is 452 g/mol. The lowest BCUT2D eigenvalue weighted by molar-refractivity contribution is -0.137. The summed E-state index contributed by atoms with van der Waals surface area (Å²) in [5, 5.41) is 0. The van der Waals surface area contributed by atoms with Gasteiger partial charge in [0.25, 0.3) is 5.56 Å². The number of nitrogens with zero attached hydrogens (tertiary/aromatic N) is 3. The van der Waals surface area contributed by atoms with Gasteiger partial charge >= 0.3 is 6.18 Å². The first-order valence-electron chi connectivity index (χ1n) is 10.4. The molecule has 9 heteroatoms. The second-order valence-corrected chi connectivity index (χ2v) is 7.88. The molecule has 6 nitrogen and oxygen atoms in total. The van der Waals surface area contributed by atoms with Gasteiger partial charge in [0.1, 0.15) is 17.3 Å². The molecular formula is C24H19F3N4O2. The highest BCUT2D eigenvalue weighted by Crippen LogP contribution is 2.33. The largest absolute Gasteiger partial charge is 0.460 e. The normalized spacial score (nSPS) is 14.3. The number of hydrogen-bond donors (Lipinski definition) is 1. The van der Waals surface area contributed by atoms with Gasteiger partial charge in [0, 0.05) is 43.0 Å². The Balaban J connectivity index is 1.32. The first-order chi connectivity index (χ1) is 15.9. The number of nitrogens with one attached hydrogen (secondary N) is 1. The molecule has 0 atom stereocenters. The molecule has 4 heterocycles. The number of aromatic nitrogens is 3. The lowest BCUT2D eigenvalue weighted by atomic mass is 10.1. The summed E-state index contributed by atoms with van der Waals surface area (Å²) < 4.78 is 44.8. The summed E-state index contributed by atoms with van der Waals surface area (Å²) >= 11 is 0. The van der Waals surface area contributed by atoms with E-state index in [1.54, 1.807) is 42.7 Å². The number of rotatable bonds is 4. The number of aromatic amines is 1. The second kappa shape index (κ2) is 8.32. The van der Waals surface area contributed by atoms with E-state index in [9.17, 15) is 18.0 Å². The summed E-state index contributed by atoms with van der Waals surface area (Å²) in [5.41, 5.74) is 1.65. The summed E-state index contributed by atoms with van der Waals surface area (Å²) in [4.78, 5) is 26.2. The van der Waals surface area contributed by atoms with Gasteiger partial charge in [-0.05, 0) is 36.4 Å². The molecule has 0 spiro atoms. The van der Waals surface area contributed by atoms with Crippen LogP contribution in [0, 0.1) is 0 Å². The molecule has 33 heavy (non-hydrogen) atoms. The summed E-state index contributed by atoms with van der Waals surface area (Å²) in [6, 6.07) is 12.0. The van der Waals surface area contributed by atoms with E-state index in [1.807, 2.05) is 0 Å². The number of halogens is 3. The zero-order valence-corrected chi connectivity index (χ0v) is 17.4. The highest BCUT2D eigenvalue weighted by Gasteiger charge is 2.30. The van der Waals surface area contributed by atoms with Gasteiger partial charge in [-0.1, -0.05) is 12.1 Å². The number of H-pyrrole nitrogens is 1. The number of hydrogen-bond acceptors (Lipinski definition) is 5. The lowest BCUT2D eigenvalue weighted by Gasteiger charge is -2.26. The molecule has 1 aliphatic rings. The Morgan fingerprint density at radius 2 is 1.88 bits per heavy atom. The van der Waals surface area contributed by atoms with E-state index in [1.165, 1.54) is 6.07 Å². The fourth-order valence-electron chi connectivity index (χ4n) is 3.95. The highest BCUT2D eigenvalue weighted by molar-refractivity contribution is 5.59. The van der Waals surface area contributed by atoms with E-state index < -0.39 is 11.7 Å². The van der Waals surface area contributed by atoms with Gasteiger partial charge in [-0.2, -0.15) is 13.2 Å². The number of benzene rings is 1. The third kappa shape index (κ3) is 4.45. The van der Waals surface area contributed by atoms with Gasteiger partial charge < -0.3 is 9.40 Å². The molecule has 0 fully saturated rings. The maximum Gasteiger partial charge on any atom is 0.416 e. The van der Waals surface area contributed by atoms with E-state index in [2.05, 4.69) is 19.9 Å². The van der Waals surface area contributed by atoms with Crippen molar-refractivity contribution in [1.29, 1.82) is 0 Å². The second-order valence-electron chi connectivity index (χ2n) is 7.88. The molecule has 0 amide bonds. The third-order valence-electron chi connectivity index (χ3n) is 5.62. The Bertz CT molecular complexity index is 1350. The molecule has 4 aromatic rings. The van der Waals surface area contributed by atoms with E-state index in [0.29, 0.717) is 54.5 Å². The van der Waals surface area contributed by atoms with Gasteiger partial charge in [-0.3, -0.25) is 14.7 Å². The predicted molar refractivity (Wildman–Crippen MR) is 115 cm³/mol. The van der Waals surface area contributed by atoms with Gasteiger partial charge in [-0.15, -0.1) is 0 Å². The molecule has 5 rings (SSSR count). The molecule has 1 N–H and O–H groups in total. The molecule has 3 aromatic heterocycles. The van der Waals surface area contributed by atoms with Crippen LogP contribution >= 0.6 is 0 Å². The van der Waals surface area contributed by atoms with Crippen LogP contribution in [0.25, 0.3) is 22.7 Å². The van der Waals surface area contributed by atoms with E-state index in [0.717, 1.165) is 23.4 Å². The molecule has 1 aromatic carbocycles. The standard InChI is InChI=1S/C24H19F3N4O2/c25-24(26,27)17-3-1-2-16(12-17)21-5-4-18(33-21)13-31-11-8-20-19(14-31)23(32)30-22(29-20)15-6-9-28-10-7-15/h1-7,9-10,12H,8,11,13-14H2,(H,29,30,32). The molecule has 0 unspecified atom stereocenters. The summed E-state index contributed by atoms with van der Waals surface area (Å²) in [5.74, 6) is 1.50. The van der Waals surface area contributed by atoms with Crippen LogP contribution in [0.3, 0.4) is 0 Å². The smallest absolute Gasteiger partial charge is 0.416 e.